The molecule has 6 heteroatoms. The molecule has 0 bridgehead atoms. The Hall–Kier alpha value is -2.37. The number of benzene rings is 1. The molecule has 2 rings (SSSR count). The van der Waals surface area contributed by atoms with E-state index < -0.39 is 12.8 Å². The number of ether oxygens (including phenoxy) is 2. The van der Waals surface area contributed by atoms with Gasteiger partial charge in [-0.1, -0.05) is 19.1 Å². The van der Waals surface area contributed by atoms with Gasteiger partial charge in [0.15, 0.2) is 0 Å². The molecule has 1 aromatic carbocycles. The van der Waals surface area contributed by atoms with Crippen molar-refractivity contribution in [2.75, 3.05) is 6.67 Å². The molecule has 0 radical (unpaired) electrons. The average Bonchev–Trinajstić information content (AvgIpc) is 2.52. The van der Waals surface area contributed by atoms with E-state index in [0.29, 0.717) is 24.5 Å². The van der Waals surface area contributed by atoms with E-state index in [1.165, 1.54) is 12.3 Å². The van der Waals surface area contributed by atoms with Crippen molar-refractivity contribution in [1.29, 1.82) is 0 Å². The lowest BCUT2D eigenvalue weighted by Crippen LogP contribution is -2.17. The number of aromatic amines is 1. The summed E-state index contributed by atoms with van der Waals surface area (Å²) >= 11 is 0. The summed E-state index contributed by atoms with van der Waals surface area (Å²) in [5.74, 6) is 1.03. The van der Waals surface area contributed by atoms with Crippen LogP contribution in [0.5, 0.6) is 11.5 Å². The number of aromatic nitrogens is 2. The second-order valence-electron chi connectivity index (χ2n) is 4.52. The topological polar surface area (TPSA) is 64.2 Å². The van der Waals surface area contributed by atoms with Crippen molar-refractivity contribution >= 4 is 0 Å². The Morgan fingerprint density at radius 2 is 2.05 bits per heavy atom. The number of H-pyrrole nitrogens is 1. The summed E-state index contributed by atoms with van der Waals surface area (Å²) < 4.78 is 23.5. The normalized spacial score (nSPS) is 11.9. The van der Waals surface area contributed by atoms with E-state index in [1.54, 1.807) is 12.1 Å². The van der Waals surface area contributed by atoms with Gasteiger partial charge in [-0.25, -0.2) is 9.49 Å². The van der Waals surface area contributed by atoms with Crippen LogP contribution >= 0.6 is 0 Å². The van der Waals surface area contributed by atoms with E-state index in [4.69, 9.17) is 9.47 Å². The Balaban J connectivity index is 1.92. The Labute approximate surface area is 121 Å². The Morgan fingerprint density at radius 3 is 2.67 bits per heavy atom. The van der Waals surface area contributed by atoms with Gasteiger partial charge in [0.25, 0.3) is 5.56 Å². The maximum absolute atomic E-state index is 12.6. The van der Waals surface area contributed by atoms with Gasteiger partial charge in [-0.15, -0.1) is 0 Å². The van der Waals surface area contributed by atoms with Crippen LogP contribution in [-0.4, -0.2) is 23.0 Å². The average molecular weight is 292 g/mol. The number of nitrogens with one attached hydrogen (secondary N) is 1. The molecule has 112 valence electrons. The molecule has 21 heavy (non-hydrogen) atoms. The SMILES string of the molecule is CCC(CF)Oc1ccc(COc2cn[nH]c(=O)c2)cc1. The molecule has 1 heterocycles. The highest BCUT2D eigenvalue weighted by Gasteiger charge is 2.07. The zero-order chi connectivity index (χ0) is 15.1. The first-order chi connectivity index (χ1) is 10.2. The van der Waals surface area contributed by atoms with E-state index in [2.05, 4.69) is 10.2 Å². The molecule has 1 atom stereocenters. The van der Waals surface area contributed by atoms with Crippen molar-refractivity contribution < 1.29 is 13.9 Å². The minimum atomic E-state index is -0.503. The molecule has 0 saturated carbocycles. The molecular formula is C15H17FN2O3. The Morgan fingerprint density at radius 1 is 1.29 bits per heavy atom. The van der Waals surface area contributed by atoms with Crippen LogP contribution in [0.1, 0.15) is 18.9 Å². The maximum Gasteiger partial charge on any atom is 0.267 e. The molecule has 0 amide bonds. The summed E-state index contributed by atoms with van der Waals surface area (Å²) in [6.45, 7) is 1.69. The number of hydrogen-bond acceptors (Lipinski definition) is 4. The summed E-state index contributed by atoms with van der Waals surface area (Å²) in [5, 5.41) is 5.92. The fourth-order valence-electron chi connectivity index (χ4n) is 1.68. The van der Waals surface area contributed by atoms with Gasteiger partial charge in [0.1, 0.15) is 30.9 Å². The van der Waals surface area contributed by atoms with E-state index in [0.717, 1.165) is 5.56 Å². The lowest BCUT2D eigenvalue weighted by Gasteiger charge is -2.14. The highest BCUT2D eigenvalue weighted by atomic mass is 19.1. The summed E-state index contributed by atoms with van der Waals surface area (Å²) in [6, 6.07) is 8.54. The van der Waals surface area contributed by atoms with E-state index in [1.807, 2.05) is 19.1 Å². The summed E-state index contributed by atoms with van der Waals surface area (Å²) in [5.41, 5.74) is 0.601. The first-order valence-electron chi connectivity index (χ1n) is 6.70. The molecule has 0 saturated heterocycles. The van der Waals surface area contributed by atoms with Gasteiger partial charge in [0.2, 0.25) is 0 Å². The van der Waals surface area contributed by atoms with Gasteiger partial charge < -0.3 is 9.47 Å². The third-order valence-electron chi connectivity index (χ3n) is 2.90. The minimum Gasteiger partial charge on any atom is -0.488 e. The van der Waals surface area contributed by atoms with E-state index >= 15 is 0 Å². The fourth-order valence-corrected chi connectivity index (χ4v) is 1.68. The molecule has 5 nitrogen and oxygen atoms in total. The monoisotopic (exact) mass is 292 g/mol. The smallest absolute Gasteiger partial charge is 0.267 e. The molecule has 2 aromatic rings. The largest absolute Gasteiger partial charge is 0.488 e. The molecule has 0 aliphatic heterocycles. The van der Waals surface area contributed by atoms with Gasteiger partial charge in [0, 0.05) is 6.07 Å². The lowest BCUT2D eigenvalue weighted by atomic mass is 10.2. The predicted molar refractivity (Wildman–Crippen MR) is 76.3 cm³/mol. The number of halogens is 1. The zero-order valence-electron chi connectivity index (χ0n) is 11.7. The fraction of sp³-hybridized carbons (Fsp3) is 0.333. The summed E-state index contributed by atoms with van der Waals surface area (Å²) in [6.07, 6.45) is 1.65. The van der Waals surface area contributed by atoms with Crippen molar-refractivity contribution in [2.45, 2.75) is 26.1 Å². The van der Waals surface area contributed by atoms with Crippen LogP contribution in [0, 0.1) is 0 Å². The molecule has 0 aliphatic carbocycles. The zero-order valence-corrected chi connectivity index (χ0v) is 11.7. The summed E-state index contributed by atoms with van der Waals surface area (Å²) in [4.78, 5) is 11.1. The molecule has 1 unspecified atom stereocenters. The van der Waals surface area contributed by atoms with Crippen molar-refractivity contribution in [2.24, 2.45) is 0 Å². The van der Waals surface area contributed by atoms with Gasteiger partial charge in [-0.2, -0.15) is 5.10 Å². The van der Waals surface area contributed by atoms with Crippen molar-refractivity contribution in [1.82, 2.24) is 10.2 Å². The quantitative estimate of drug-likeness (QED) is 0.851. The Bertz CT molecular complexity index is 609. The standard InChI is InChI=1S/C15H17FN2O3/c1-2-12(8-16)21-13-5-3-11(4-6-13)10-20-14-7-15(19)18-17-9-14/h3-7,9,12H,2,8,10H2,1H3,(H,18,19). The van der Waals surface area contributed by atoms with Crippen LogP contribution in [-0.2, 0) is 6.61 Å². The van der Waals surface area contributed by atoms with Crippen molar-refractivity contribution in [3.63, 3.8) is 0 Å². The second kappa shape index (κ2) is 7.42. The van der Waals surface area contributed by atoms with Crippen LogP contribution in [0.15, 0.2) is 41.3 Å². The van der Waals surface area contributed by atoms with Gasteiger partial charge >= 0.3 is 0 Å². The van der Waals surface area contributed by atoms with E-state index in [-0.39, 0.29) is 5.56 Å². The van der Waals surface area contributed by atoms with E-state index in [9.17, 15) is 9.18 Å². The molecule has 0 aliphatic rings. The third kappa shape index (κ3) is 4.59. The number of alkyl halides is 1. The summed E-state index contributed by atoms with van der Waals surface area (Å²) in [7, 11) is 0. The number of nitrogens with zero attached hydrogens (tertiary/aromatic N) is 1. The maximum atomic E-state index is 12.6. The molecule has 0 fully saturated rings. The van der Waals surface area contributed by atoms with Crippen LogP contribution in [0.3, 0.4) is 0 Å². The van der Waals surface area contributed by atoms with Gasteiger partial charge in [-0.3, -0.25) is 4.79 Å². The first kappa shape index (κ1) is 15.0. The molecule has 1 aromatic heterocycles. The molecule has 0 spiro atoms. The van der Waals surface area contributed by atoms with Crippen molar-refractivity contribution in [3.8, 4) is 11.5 Å². The second-order valence-corrected chi connectivity index (χ2v) is 4.52. The predicted octanol–water partition coefficient (Wildman–Crippen LogP) is 2.48. The van der Waals surface area contributed by atoms with Crippen LogP contribution in [0.25, 0.3) is 0 Å². The highest BCUT2D eigenvalue weighted by Crippen LogP contribution is 2.16. The highest BCUT2D eigenvalue weighted by molar-refractivity contribution is 5.27. The number of rotatable bonds is 7. The third-order valence-corrected chi connectivity index (χ3v) is 2.90. The molecular weight excluding hydrogens is 275 g/mol. The van der Waals surface area contributed by atoms with Crippen molar-refractivity contribution in [3.05, 3.63) is 52.4 Å². The number of hydrogen-bond donors (Lipinski definition) is 1. The minimum absolute atomic E-state index is 0.311. The van der Waals surface area contributed by atoms with Crippen LogP contribution in [0.2, 0.25) is 0 Å². The Kier molecular flexibility index (Phi) is 5.31. The van der Waals surface area contributed by atoms with Gasteiger partial charge in [0.05, 0.1) is 6.20 Å². The molecule has 1 N–H and O–H groups in total. The van der Waals surface area contributed by atoms with Crippen LogP contribution in [0.4, 0.5) is 4.39 Å². The lowest BCUT2D eigenvalue weighted by molar-refractivity contribution is 0.160. The van der Waals surface area contributed by atoms with Gasteiger partial charge in [-0.05, 0) is 24.1 Å². The van der Waals surface area contributed by atoms with Crippen LogP contribution < -0.4 is 15.0 Å². The first-order valence-corrected chi connectivity index (χ1v) is 6.70.